The van der Waals surface area contributed by atoms with Crippen LogP contribution in [0.25, 0.3) is 0 Å². The van der Waals surface area contributed by atoms with Crippen LogP contribution in [0.4, 0.5) is 0 Å². The van der Waals surface area contributed by atoms with E-state index in [-0.39, 0.29) is 18.7 Å². The summed E-state index contributed by atoms with van der Waals surface area (Å²) in [7, 11) is 0. The van der Waals surface area contributed by atoms with Crippen LogP contribution >= 0.6 is 0 Å². The first-order chi connectivity index (χ1) is 13.9. The van der Waals surface area contributed by atoms with Gasteiger partial charge in [-0.3, -0.25) is 9.59 Å². The number of aryl methyl sites for hydroxylation is 2. The van der Waals surface area contributed by atoms with Crippen molar-refractivity contribution in [1.82, 2.24) is 5.32 Å². The molecule has 2 aromatic rings. The zero-order valence-corrected chi connectivity index (χ0v) is 17.3. The molecule has 0 saturated carbocycles. The number of aliphatic carboxylic acids is 1. The van der Waals surface area contributed by atoms with Gasteiger partial charge in [0.05, 0.1) is 6.42 Å². The van der Waals surface area contributed by atoms with E-state index in [2.05, 4.69) is 31.3 Å². The first kappa shape index (κ1) is 22.3. The van der Waals surface area contributed by atoms with Gasteiger partial charge < -0.3 is 19.9 Å². The van der Waals surface area contributed by atoms with Crippen molar-refractivity contribution in [2.24, 2.45) is 0 Å². The first-order valence-corrected chi connectivity index (χ1v) is 9.77. The molecule has 1 amide bonds. The van der Waals surface area contributed by atoms with E-state index in [1.165, 1.54) is 5.56 Å². The van der Waals surface area contributed by atoms with Crippen LogP contribution < -0.4 is 14.8 Å². The van der Waals surface area contributed by atoms with Crippen molar-refractivity contribution in [2.45, 2.75) is 40.0 Å². The molecule has 0 heterocycles. The van der Waals surface area contributed by atoms with Crippen molar-refractivity contribution in [1.29, 1.82) is 0 Å². The van der Waals surface area contributed by atoms with Gasteiger partial charge in [-0.2, -0.15) is 0 Å². The number of hydrogen-bond donors (Lipinski definition) is 2. The number of benzene rings is 2. The van der Waals surface area contributed by atoms with E-state index in [1.807, 2.05) is 31.2 Å². The van der Waals surface area contributed by atoms with Crippen LogP contribution in [0.5, 0.6) is 11.5 Å². The first-order valence-electron chi connectivity index (χ1n) is 9.77. The van der Waals surface area contributed by atoms with Crippen LogP contribution in [0.2, 0.25) is 0 Å². The van der Waals surface area contributed by atoms with Gasteiger partial charge in [-0.15, -0.1) is 0 Å². The van der Waals surface area contributed by atoms with E-state index in [9.17, 15) is 9.59 Å². The number of ether oxygens (including phenoxy) is 2. The summed E-state index contributed by atoms with van der Waals surface area (Å²) in [6.07, 6.45) is 0.431. The lowest BCUT2D eigenvalue weighted by Crippen LogP contribution is -2.26. The lowest BCUT2D eigenvalue weighted by Gasteiger charge is -2.15. The molecular weight excluding hydrogens is 370 g/mol. The molecule has 0 aliphatic heterocycles. The van der Waals surface area contributed by atoms with E-state index < -0.39 is 5.97 Å². The van der Waals surface area contributed by atoms with Crippen molar-refractivity contribution < 1.29 is 24.2 Å². The Morgan fingerprint density at radius 3 is 2.38 bits per heavy atom. The predicted molar refractivity (Wildman–Crippen MR) is 112 cm³/mol. The Morgan fingerprint density at radius 2 is 1.62 bits per heavy atom. The molecule has 0 aliphatic rings. The minimum atomic E-state index is -0.975. The van der Waals surface area contributed by atoms with Crippen molar-refractivity contribution in [3.8, 4) is 11.5 Å². The van der Waals surface area contributed by atoms with Gasteiger partial charge >= 0.3 is 5.97 Å². The Labute approximate surface area is 171 Å². The van der Waals surface area contributed by atoms with Crippen LogP contribution in [-0.2, 0) is 16.0 Å². The maximum Gasteiger partial charge on any atom is 0.303 e. The highest BCUT2D eigenvalue weighted by atomic mass is 16.5. The maximum atomic E-state index is 11.6. The summed E-state index contributed by atoms with van der Waals surface area (Å²) in [6.45, 7) is 7.42. The number of nitrogens with one attached hydrogen (secondary N) is 1. The van der Waals surface area contributed by atoms with Crippen LogP contribution in [-0.4, -0.2) is 36.7 Å². The van der Waals surface area contributed by atoms with E-state index in [1.54, 1.807) is 0 Å². The molecule has 0 spiro atoms. The third-order valence-corrected chi connectivity index (χ3v) is 4.72. The van der Waals surface area contributed by atoms with Crippen LogP contribution in [0.3, 0.4) is 0 Å². The van der Waals surface area contributed by atoms with E-state index in [0.29, 0.717) is 26.2 Å². The fourth-order valence-corrected chi connectivity index (χ4v) is 2.94. The molecule has 0 unspecified atom stereocenters. The average Bonchev–Trinajstić information content (AvgIpc) is 2.69. The number of rotatable bonds is 11. The van der Waals surface area contributed by atoms with Gasteiger partial charge in [0.25, 0.3) is 0 Å². The van der Waals surface area contributed by atoms with E-state index in [0.717, 1.165) is 28.2 Å². The van der Waals surface area contributed by atoms with Gasteiger partial charge in [0.1, 0.15) is 24.7 Å². The van der Waals surface area contributed by atoms with E-state index >= 15 is 0 Å². The summed E-state index contributed by atoms with van der Waals surface area (Å²) >= 11 is 0. The molecule has 0 bridgehead atoms. The van der Waals surface area contributed by atoms with Crippen LogP contribution in [0.1, 0.15) is 35.1 Å². The van der Waals surface area contributed by atoms with Gasteiger partial charge in [0, 0.05) is 13.0 Å². The molecule has 29 heavy (non-hydrogen) atoms. The number of carbonyl (C=O) groups excluding carboxylic acids is 1. The molecule has 0 atom stereocenters. The zero-order chi connectivity index (χ0) is 21.2. The monoisotopic (exact) mass is 399 g/mol. The van der Waals surface area contributed by atoms with Crippen molar-refractivity contribution in [2.75, 3.05) is 19.8 Å². The standard InChI is InChI=1S/C23H29NO5/c1-16-8-9-17(2)23(18(16)3)29-15-14-28-20-7-5-4-6-19(20)12-13-24-21(25)10-11-22(26)27/h4-9H,10-15H2,1-3H3,(H,24,25)(H,26,27). The van der Waals surface area contributed by atoms with Gasteiger partial charge in [-0.05, 0) is 55.5 Å². The maximum absolute atomic E-state index is 11.6. The second-order valence-corrected chi connectivity index (χ2v) is 6.95. The number of carboxylic acids is 1. The fourth-order valence-electron chi connectivity index (χ4n) is 2.94. The van der Waals surface area contributed by atoms with Crippen LogP contribution in [0.15, 0.2) is 36.4 Å². The Kier molecular flexibility index (Phi) is 8.52. The highest BCUT2D eigenvalue weighted by Gasteiger charge is 2.08. The molecule has 6 nitrogen and oxygen atoms in total. The molecule has 0 saturated heterocycles. The van der Waals surface area contributed by atoms with Gasteiger partial charge in [-0.1, -0.05) is 30.3 Å². The topological polar surface area (TPSA) is 84.9 Å². The third-order valence-electron chi connectivity index (χ3n) is 4.72. The number of carboxylic acid groups (broad SMARTS) is 1. The normalized spacial score (nSPS) is 10.4. The number of carbonyl (C=O) groups is 2. The van der Waals surface area contributed by atoms with Crippen molar-refractivity contribution in [3.05, 3.63) is 58.7 Å². The summed E-state index contributed by atoms with van der Waals surface area (Å²) in [4.78, 5) is 22.1. The van der Waals surface area contributed by atoms with Crippen molar-refractivity contribution in [3.63, 3.8) is 0 Å². The largest absolute Gasteiger partial charge is 0.490 e. The molecule has 0 radical (unpaired) electrons. The number of hydrogen-bond acceptors (Lipinski definition) is 4. The number of para-hydroxylation sites is 1. The lowest BCUT2D eigenvalue weighted by molar-refractivity contribution is -0.138. The molecule has 2 rings (SSSR count). The molecule has 2 aromatic carbocycles. The molecule has 0 aromatic heterocycles. The summed E-state index contributed by atoms with van der Waals surface area (Å²) in [5.41, 5.74) is 4.42. The highest BCUT2D eigenvalue weighted by molar-refractivity contribution is 5.80. The summed E-state index contributed by atoms with van der Waals surface area (Å²) in [5, 5.41) is 11.4. The minimum Gasteiger partial charge on any atom is -0.490 e. The van der Waals surface area contributed by atoms with Crippen molar-refractivity contribution >= 4 is 11.9 Å². The molecular formula is C23H29NO5. The Morgan fingerprint density at radius 1 is 0.931 bits per heavy atom. The predicted octanol–water partition coefficient (Wildman–Crippen LogP) is 3.59. The Bertz CT molecular complexity index is 847. The van der Waals surface area contributed by atoms with E-state index in [4.69, 9.17) is 14.6 Å². The Hall–Kier alpha value is -3.02. The van der Waals surface area contributed by atoms with Gasteiger partial charge in [-0.25, -0.2) is 0 Å². The molecule has 2 N–H and O–H groups in total. The van der Waals surface area contributed by atoms with Gasteiger partial charge in [0.15, 0.2) is 0 Å². The summed E-state index contributed by atoms with van der Waals surface area (Å²) in [5.74, 6) is 0.430. The summed E-state index contributed by atoms with van der Waals surface area (Å²) < 4.78 is 11.8. The molecule has 6 heteroatoms. The molecule has 0 fully saturated rings. The highest BCUT2D eigenvalue weighted by Crippen LogP contribution is 2.25. The smallest absolute Gasteiger partial charge is 0.303 e. The van der Waals surface area contributed by atoms with Crippen LogP contribution in [0, 0.1) is 20.8 Å². The molecule has 0 aliphatic carbocycles. The second kappa shape index (κ2) is 11.1. The summed E-state index contributed by atoms with van der Waals surface area (Å²) in [6, 6.07) is 11.8. The lowest BCUT2D eigenvalue weighted by atomic mass is 10.1. The minimum absolute atomic E-state index is 0.0113. The number of amides is 1. The SMILES string of the molecule is Cc1ccc(C)c(OCCOc2ccccc2CCNC(=O)CCC(=O)O)c1C. The average molecular weight is 399 g/mol. The quantitative estimate of drug-likeness (QED) is 0.564. The fraction of sp³-hybridized carbons (Fsp3) is 0.391. The third kappa shape index (κ3) is 7.14. The zero-order valence-electron chi connectivity index (χ0n) is 17.3. The molecule has 156 valence electrons. The Balaban J connectivity index is 1.81. The van der Waals surface area contributed by atoms with Gasteiger partial charge in [0.2, 0.25) is 5.91 Å². The second-order valence-electron chi connectivity index (χ2n) is 6.95.